The number of rotatable bonds is 4. The molecule has 134 valence electrons. The topological polar surface area (TPSA) is 59.3 Å². The number of fused-ring (bicyclic) bond motifs is 1. The summed E-state index contributed by atoms with van der Waals surface area (Å²) in [6, 6.07) is 15.5. The minimum atomic E-state index is -0.116. The number of carbonyl (C=O) groups excluding carboxylic acids is 1. The molecule has 0 aliphatic heterocycles. The van der Waals surface area contributed by atoms with E-state index in [-0.39, 0.29) is 5.91 Å². The van der Waals surface area contributed by atoms with Crippen LogP contribution in [0.1, 0.15) is 28.4 Å². The molecule has 5 heteroatoms. The van der Waals surface area contributed by atoms with Gasteiger partial charge >= 0.3 is 0 Å². The lowest BCUT2D eigenvalue weighted by molar-refractivity contribution is 0.102. The average molecular weight is 356 g/mol. The van der Waals surface area contributed by atoms with E-state index in [2.05, 4.69) is 22.2 Å². The average Bonchev–Trinajstić information content (AvgIpc) is 3.14. The molecule has 1 N–H and O–H groups in total. The number of amides is 1. The van der Waals surface area contributed by atoms with Gasteiger partial charge < -0.3 is 5.32 Å². The van der Waals surface area contributed by atoms with Gasteiger partial charge in [0.25, 0.3) is 5.91 Å². The number of hydrogen-bond acceptors (Lipinski definition) is 3. The molecule has 2 aromatic carbocycles. The molecule has 0 atom stereocenters. The Morgan fingerprint density at radius 2 is 1.96 bits per heavy atom. The monoisotopic (exact) mass is 356 g/mol. The number of anilines is 1. The quantitative estimate of drug-likeness (QED) is 0.585. The van der Waals surface area contributed by atoms with Crippen molar-refractivity contribution >= 4 is 17.4 Å². The second-order valence-corrected chi connectivity index (χ2v) is 6.49. The van der Waals surface area contributed by atoms with Crippen LogP contribution >= 0.6 is 0 Å². The Labute approximate surface area is 157 Å². The molecule has 0 saturated heterocycles. The van der Waals surface area contributed by atoms with Gasteiger partial charge in [0.15, 0.2) is 0 Å². The number of imidazole rings is 1. The fraction of sp³-hybridized carbons (Fsp3) is 0.136. The van der Waals surface area contributed by atoms with Gasteiger partial charge in [0.1, 0.15) is 0 Å². The fourth-order valence-corrected chi connectivity index (χ4v) is 2.97. The first-order chi connectivity index (χ1) is 13.1. The molecule has 0 unspecified atom stereocenters. The maximum atomic E-state index is 12.6. The molecule has 4 aromatic rings. The van der Waals surface area contributed by atoms with Crippen molar-refractivity contribution in [1.29, 1.82) is 0 Å². The Balaban J connectivity index is 1.62. The van der Waals surface area contributed by atoms with E-state index >= 15 is 0 Å². The summed E-state index contributed by atoms with van der Waals surface area (Å²) in [5.74, 6) is 0.532. The first-order valence-electron chi connectivity index (χ1n) is 8.95. The summed E-state index contributed by atoms with van der Waals surface area (Å²) < 4.78 is 1.88. The van der Waals surface area contributed by atoms with Crippen LogP contribution in [0.5, 0.6) is 0 Å². The maximum absolute atomic E-state index is 12.6. The van der Waals surface area contributed by atoms with Crippen LogP contribution in [0.15, 0.2) is 67.1 Å². The SMILES string of the molecule is CCc1ccc(C(=O)Nc2cc(-c3cn4cccnc4n3)ccc2C)cc1. The van der Waals surface area contributed by atoms with E-state index in [1.165, 1.54) is 5.56 Å². The lowest BCUT2D eigenvalue weighted by Gasteiger charge is -2.10. The fourth-order valence-electron chi connectivity index (χ4n) is 2.97. The van der Waals surface area contributed by atoms with Gasteiger partial charge in [0, 0.05) is 35.4 Å². The zero-order valence-corrected chi connectivity index (χ0v) is 15.3. The molecule has 0 fully saturated rings. The molecule has 27 heavy (non-hydrogen) atoms. The van der Waals surface area contributed by atoms with E-state index in [0.29, 0.717) is 11.3 Å². The summed E-state index contributed by atoms with van der Waals surface area (Å²) in [4.78, 5) is 21.4. The molecule has 0 radical (unpaired) electrons. The molecule has 0 bridgehead atoms. The number of hydrogen-bond donors (Lipinski definition) is 1. The predicted molar refractivity (Wildman–Crippen MR) is 107 cm³/mol. The summed E-state index contributed by atoms with van der Waals surface area (Å²) in [7, 11) is 0. The van der Waals surface area contributed by atoms with Gasteiger partial charge in [-0.2, -0.15) is 0 Å². The smallest absolute Gasteiger partial charge is 0.255 e. The molecule has 0 saturated carbocycles. The molecule has 0 spiro atoms. The number of benzene rings is 2. The molecule has 0 aliphatic carbocycles. The minimum absolute atomic E-state index is 0.116. The Hall–Kier alpha value is -3.47. The highest BCUT2D eigenvalue weighted by Crippen LogP contribution is 2.25. The molecule has 2 aromatic heterocycles. The number of nitrogens with zero attached hydrogens (tertiary/aromatic N) is 3. The Morgan fingerprint density at radius 1 is 1.15 bits per heavy atom. The number of carbonyl (C=O) groups is 1. The summed E-state index contributed by atoms with van der Waals surface area (Å²) in [6.45, 7) is 4.07. The van der Waals surface area contributed by atoms with Crippen molar-refractivity contribution in [3.8, 4) is 11.3 Å². The maximum Gasteiger partial charge on any atom is 0.255 e. The lowest BCUT2D eigenvalue weighted by atomic mass is 10.1. The molecule has 2 heterocycles. The van der Waals surface area contributed by atoms with Crippen molar-refractivity contribution < 1.29 is 4.79 Å². The molecular formula is C22H20N4O. The van der Waals surface area contributed by atoms with Crippen LogP contribution in [-0.4, -0.2) is 20.3 Å². The highest BCUT2D eigenvalue weighted by Gasteiger charge is 2.11. The standard InChI is InChI=1S/C22H20N4O/c1-3-16-6-9-17(10-7-16)21(27)24-19-13-18(8-5-15(19)2)20-14-26-12-4-11-23-22(26)25-20/h4-14H,3H2,1-2H3,(H,24,27). The Morgan fingerprint density at radius 3 is 2.70 bits per heavy atom. The van der Waals surface area contributed by atoms with Crippen molar-refractivity contribution in [3.05, 3.63) is 83.8 Å². The highest BCUT2D eigenvalue weighted by atomic mass is 16.1. The molecule has 1 amide bonds. The molecule has 0 aliphatic rings. The lowest BCUT2D eigenvalue weighted by Crippen LogP contribution is -2.12. The van der Waals surface area contributed by atoms with E-state index in [9.17, 15) is 4.79 Å². The van der Waals surface area contributed by atoms with Crippen LogP contribution in [0.3, 0.4) is 0 Å². The number of aryl methyl sites for hydroxylation is 2. The van der Waals surface area contributed by atoms with Gasteiger partial charge in [0.2, 0.25) is 5.78 Å². The normalized spacial score (nSPS) is 10.9. The third-order valence-electron chi connectivity index (χ3n) is 4.64. The number of aromatic nitrogens is 3. The first kappa shape index (κ1) is 17.0. The minimum Gasteiger partial charge on any atom is -0.322 e. The van der Waals surface area contributed by atoms with E-state index in [1.54, 1.807) is 6.20 Å². The van der Waals surface area contributed by atoms with Gasteiger partial charge in [-0.1, -0.05) is 31.2 Å². The highest BCUT2D eigenvalue weighted by molar-refractivity contribution is 6.05. The van der Waals surface area contributed by atoms with E-state index in [1.807, 2.05) is 72.2 Å². The molecule has 4 rings (SSSR count). The van der Waals surface area contributed by atoms with Crippen LogP contribution in [0, 0.1) is 6.92 Å². The Kier molecular flexibility index (Phi) is 4.42. The molecule has 5 nitrogen and oxygen atoms in total. The van der Waals surface area contributed by atoms with Crippen LogP contribution in [0.4, 0.5) is 5.69 Å². The van der Waals surface area contributed by atoms with Crippen LogP contribution in [0.2, 0.25) is 0 Å². The van der Waals surface area contributed by atoms with Crippen LogP contribution < -0.4 is 5.32 Å². The van der Waals surface area contributed by atoms with Gasteiger partial charge in [-0.05, 0) is 48.7 Å². The summed E-state index contributed by atoms with van der Waals surface area (Å²) >= 11 is 0. The first-order valence-corrected chi connectivity index (χ1v) is 8.95. The predicted octanol–water partition coefficient (Wildman–Crippen LogP) is 4.52. The van der Waals surface area contributed by atoms with Gasteiger partial charge in [-0.15, -0.1) is 0 Å². The van der Waals surface area contributed by atoms with Gasteiger partial charge in [-0.3, -0.25) is 9.20 Å². The third kappa shape index (κ3) is 3.44. The summed E-state index contributed by atoms with van der Waals surface area (Å²) in [5, 5.41) is 3.02. The summed E-state index contributed by atoms with van der Waals surface area (Å²) in [5.41, 5.74) is 5.39. The second-order valence-electron chi connectivity index (χ2n) is 6.49. The van der Waals surface area contributed by atoms with Crippen molar-refractivity contribution in [2.24, 2.45) is 0 Å². The zero-order chi connectivity index (χ0) is 18.8. The van der Waals surface area contributed by atoms with E-state index < -0.39 is 0 Å². The van der Waals surface area contributed by atoms with E-state index in [0.717, 1.165) is 28.9 Å². The third-order valence-corrected chi connectivity index (χ3v) is 4.64. The van der Waals surface area contributed by atoms with Crippen molar-refractivity contribution in [1.82, 2.24) is 14.4 Å². The molecular weight excluding hydrogens is 336 g/mol. The van der Waals surface area contributed by atoms with Crippen molar-refractivity contribution in [3.63, 3.8) is 0 Å². The Bertz CT molecular complexity index is 1080. The zero-order valence-electron chi connectivity index (χ0n) is 15.3. The largest absolute Gasteiger partial charge is 0.322 e. The van der Waals surface area contributed by atoms with E-state index in [4.69, 9.17) is 0 Å². The second kappa shape index (κ2) is 7.03. The number of nitrogens with one attached hydrogen (secondary N) is 1. The summed E-state index contributed by atoms with van der Waals surface area (Å²) in [6.07, 6.45) is 6.52. The van der Waals surface area contributed by atoms with Crippen molar-refractivity contribution in [2.45, 2.75) is 20.3 Å². The van der Waals surface area contributed by atoms with Crippen molar-refractivity contribution in [2.75, 3.05) is 5.32 Å². The van der Waals surface area contributed by atoms with Gasteiger partial charge in [-0.25, -0.2) is 9.97 Å². The van der Waals surface area contributed by atoms with Crippen LogP contribution in [-0.2, 0) is 6.42 Å². The van der Waals surface area contributed by atoms with Crippen LogP contribution in [0.25, 0.3) is 17.0 Å². The van der Waals surface area contributed by atoms with Gasteiger partial charge in [0.05, 0.1) is 5.69 Å².